The average molecular weight is 206 g/mol. The number of hydrogen-bond donors (Lipinski definition) is 2. The molecule has 1 heterocycles. The molecule has 2 N–H and O–H groups in total. The van der Waals surface area contributed by atoms with Crippen LogP contribution in [0.3, 0.4) is 0 Å². The fraction of sp³-hybridized carbons (Fsp3) is 0.583. The molecule has 0 atom stereocenters. The van der Waals surface area contributed by atoms with Gasteiger partial charge in [0.1, 0.15) is 5.82 Å². The highest BCUT2D eigenvalue weighted by molar-refractivity contribution is 5.37. The highest BCUT2D eigenvalue weighted by atomic mass is 16.3. The summed E-state index contributed by atoms with van der Waals surface area (Å²) in [6.07, 6.45) is 5.19. The Bertz CT molecular complexity index is 334. The van der Waals surface area contributed by atoms with E-state index in [1.807, 2.05) is 12.3 Å². The summed E-state index contributed by atoms with van der Waals surface area (Å²) in [6.45, 7) is 3.29. The zero-order valence-electron chi connectivity index (χ0n) is 9.16. The minimum absolute atomic E-state index is 0.295. The summed E-state index contributed by atoms with van der Waals surface area (Å²) < 4.78 is 0. The normalized spacial score (nSPS) is 17.5. The van der Waals surface area contributed by atoms with Gasteiger partial charge in [-0.05, 0) is 49.3 Å². The van der Waals surface area contributed by atoms with Gasteiger partial charge in [-0.3, -0.25) is 0 Å². The van der Waals surface area contributed by atoms with Crippen molar-refractivity contribution in [3.8, 4) is 0 Å². The van der Waals surface area contributed by atoms with E-state index in [9.17, 15) is 0 Å². The number of aromatic nitrogens is 1. The van der Waals surface area contributed by atoms with Crippen LogP contribution in [0, 0.1) is 12.3 Å². The molecule has 3 nitrogen and oxygen atoms in total. The summed E-state index contributed by atoms with van der Waals surface area (Å²) in [5.41, 5.74) is 1.57. The van der Waals surface area contributed by atoms with Crippen LogP contribution in [0.5, 0.6) is 0 Å². The van der Waals surface area contributed by atoms with Gasteiger partial charge in [0.15, 0.2) is 0 Å². The molecule has 0 radical (unpaired) electrons. The first-order chi connectivity index (χ1) is 7.24. The lowest BCUT2D eigenvalue weighted by atomic mass is 10.0. The monoisotopic (exact) mass is 206 g/mol. The SMILES string of the molecule is Cc1ccnc(NCC2(CCO)CC2)c1. The maximum Gasteiger partial charge on any atom is 0.126 e. The maximum absolute atomic E-state index is 8.94. The number of nitrogens with zero attached hydrogens (tertiary/aromatic N) is 1. The molecule has 3 heteroatoms. The summed E-state index contributed by atoms with van der Waals surface area (Å²) in [6, 6.07) is 4.04. The molecule has 0 unspecified atom stereocenters. The van der Waals surface area contributed by atoms with Crippen molar-refractivity contribution in [3.05, 3.63) is 23.9 Å². The van der Waals surface area contributed by atoms with E-state index >= 15 is 0 Å². The number of aliphatic hydroxyl groups is 1. The van der Waals surface area contributed by atoms with Gasteiger partial charge in [-0.25, -0.2) is 4.98 Å². The molecular formula is C12H18N2O. The first-order valence-corrected chi connectivity index (χ1v) is 5.52. The van der Waals surface area contributed by atoms with Gasteiger partial charge in [0.2, 0.25) is 0 Å². The standard InChI is InChI=1S/C12H18N2O/c1-10-2-6-13-11(8-10)14-9-12(3-4-12)5-7-15/h2,6,8,15H,3-5,7,9H2,1H3,(H,13,14). The molecule has 1 fully saturated rings. The Labute approximate surface area is 90.5 Å². The fourth-order valence-electron chi connectivity index (χ4n) is 1.84. The molecule has 1 aliphatic carbocycles. The molecule has 1 aliphatic rings. The zero-order valence-corrected chi connectivity index (χ0v) is 9.16. The molecule has 1 aromatic heterocycles. The molecular weight excluding hydrogens is 188 g/mol. The second kappa shape index (κ2) is 4.19. The third-order valence-corrected chi connectivity index (χ3v) is 3.16. The second-order valence-corrected chi connectivity index (χ2v) is 4.55. The van der Waals surface area contributed by atoms with Gasteiger partial charge >= 0.3 is 0 Å². The van der Waals surface area contributed by atoms with Crippen LogP contribution in [0.1, 0.15) is 24.8 Å². The molecule has 2 rings (SSSR count). The number of aliphatic hydroxyl groups excluding tert-OH is 1. The average Bonchev–Trinajstić information content (AvgIpc) is 2.97. The summed E-state index contributed by atoms with van der Waals surface area (Å²) >= 11 is 0. The largest absolute Gasteiger partial charge is 0.396 e. The van der Waals surface area contributed by atoms with Crippen molar-refractivity contribution in [2.75, 3.05) is 18.5 Å². The number of aryl methyl sites for hydroxylation is 1. The summed E-state index contributed by atoms with van der Waals surface area (Å²) in [5, 5.41) is 12.3. The molecule has 0 saturated heterocycles. The zero-order chi connectivity index (χ0) is 10.7. The van der Waals surface area contributed by atoms with Gasteiger partial charge in [0, 0.05) is 19.3 Å². The van der Waals surface area contributed by atoms with E-state index in [0.29, 0.717) is 12.0 Å². The van der Waals surface area contributed by atoms with E-state index in [4.69, 9.17) is 5.11 Å². The number of rotatable bonds is 5. The Hall–Kier alpha value is -1.09. The number of hydrogen-bond acceptors (Lipinski definition) is 3. The Morgan fingerprint density at radius 3 is 2.93 bits per heavy atom. The van der Waals surface area contributed by atoms with Crippen molar-refractivity contribution in [2.24, 2.45) is 5.41 Å². The number of nitrogens with one attached hydrogen (secondary N) is 1. The number of anilines is 1. The first-order valence-electron chi connectivity index (χ1n) is 5.52. The predicted octanol–water partition coefficient (Wildman–Crippen LogP) is 1.96. The summed E-state index contributed by atoms with van der Waals surface area (Å²) in [5.74, 6) is 0.944. The molecule has 1 aromatic rings. The lowest BCUT2D eigenvalue weighted by Gasteiger charge is -2.14. The van der Waals surface area contributed by atoms with Crippen molar-refractivity contribution < 1.29 is 5.11 Å². The van der Waals surface area contributed by atoms with Crippen molar-refractivity contribution in [2.45, 2.75) is 26.2 Å². The van der Waals surface area contributed by atoms with Crippen LogP contribution in [0.2, 0.25) is 0 Å². The maximum atomic E-state index is 8.94. The highest BCUT2D eigenvalue weighted by Gasteiger charge is 2.41. The quantitative estimate of drug-likeness (QED) is 0.774. The Morgan fingerprint density at radius 1 is 1.53 bits per heavy atom. The lowest BCUT2D eigenvalue weighted by Crippen LogP contribution is -2.17. The molecule has 0 aliphatic heterocycles. The number of pyridine rings is 1. The smallest absolute Gasteiger partial charge is 0.126 e. The predicted molar refractivity (Wildman–Crippen MR) is 60.8 cm³/mol. The van der Waals surface area contributed by atoms with Crippen molar-refractivity contribution in [3.63, 3.8) is 0 Å². The van der Waals surface area contributed by atoms with Gasteiger partial charge in [-0.15, -0.1) is 0 Å². The summed E-state index contributed by atoms with van der Waals surface area (Å²) in [4.78, 5) is 4.26. The minimum Gasteiger partial charge on any atom is -0.396 e. The van der Waals surface area contributed by atoms with Crippen LogP contribution in [0.15, 0.2) is 18.3 Å². The van der Waals surface area contributed by atoms with E-state index in [1.165, 1.54) is 18.4 Å². The van der Waals surface area contributed by atoms with E-state index in [1.54, 1.807) is 0 Å². The third kappa shape index (κ3) is 2.69. The highest BCUT2D eigenvalue weighted by Crippen LogP contribution is 2.48. The van der Waals surface area contributed by atoms with Gasteiger partial charge < -0.3 is 10.4 Å². The Morgan fingerprint density at radius 2 is 2.33 bits per heavy atom. The molecule has 82 valence electrons. The Kier molecular flexibility index (Phi) is 2.91. The molecule has 15 heavy (non-hydrogen) atoms. The van der Waals surface area contributed by atoms with Crippen LogP contribution in [-0.2, 0) is 0 Å². The summed E-state index contributed by atoms with van der Waals surface area (Å²) in [7, 11) is 0. The van der Waals surface area contributed by atoms with Gasteiger partial charge in [0.25, 0.3) is 0 Å². The van der Waals surface area contributed by atoms with E-state index in [2.05, 4.69) is 23.3 Å². The molecule has 0 spiro atoms. The third-order valence-electron chi connectivity index (χ3n) is 3.16. The minimum atomic E-state index is 0.295. The van der Waals surface area contributed by atoms with Crippen molar-refractivity contribution >= 4 is 5.82 Å². The van der Waals surface area contributed by atoms with Crippen LogP contribution in [-0.4, -0.2) is 23.2 Å². The molecule has 0 amide bonds. The second-order valence-electron chi connectivity index (χ2n) is 4.55. The van der Waals surface area contributed by atoms with Crippen molar-refractivity contribution in [1.29, 1.82) is 0 Å². The lowest BCUT2D eigenvalue weighted by molar-refractivity contribution is 0.253. The fourth-order valence-corrected chi connectivity index (χ4v) is 1.84. The van der Waals surface area contributed by atoms with Crippen LogP contribution >= 0.6 is 0 Å². The first kappa shape index (κ1) is 10.4. The van der Waals surface area contributed by atoms with Crippen LogP contribution in [0.25, 0.3) is 0 Å². The van der Waals surface area contributed by atoms with Crippen LogP contribution < -0.4 is 5.32 Å². The molecule has 1 saturated carbocycles. The van der Waals surface area contributed by atoms with E-state index < -0.39 is 0 Å². The Balaban J connectivity index is 1.88. The van der Waals surface area contributed by atoms with Gasteiger partial charge in [-0.2, -0.15) is 0 Å². The topological polar surface area (TPSA) is 45.2 Å². The molecule has 0 bridgehead atoms. The van der Waals surface area contributed by atoms with Gasteiger partial charge in [-0.1, -0.05) is 0 Å². The van der Waals surface area contributed by atoms with Crippen molar-refractivity contribution in [1.82, 2.24) is 4.98 Å². The van der Waals surface area contributed by atoms with Crippen LogP contribution in [0.4, 0.5) is 5.82 Å². The van der Waals surface area contributed by atoms with E-state index in [0.717, 1.165) is 18.8 Å². The molecule has 0 aromatic carbocycles. The van der Waals surface area contributed by atoms with E-state index in [-0.39, 0.29) is 0 Å². The van der Waals surface area contributed by atoms with Gasteiger partial charge in [0.05, 0.1) is 0 Å².